The molecular formula is C24H29FN4O5. The Hall–Kier alpha value is -3.05. The molecule has 1 saturated heterocycles. The molecular weight excluding hydrogens is 443 g/mol. The van der Waals surface area contributed by atoms with Crippen LogP contribution in [-0.2, 0) is 17.9 Å². The number of piperazine rings is 1. The average molecular weight is 473 g/mol. The summed E-state index contributed by atoms with van der Waals surface area (Å²) in [4.78, 5) is 21.0. The SMILES string of the molecule is Cc1ccc(F)c(NC(=O)c2coc(CN3CCN(CC(O)COCc4ccco4)CC3)n2)c1. The molecule has 182 valence electrons. The summed E-state index contributed by atoms with van der Waals surface area (Å²) in [5, 5.41) is 12.8. The van der Waals surface area contributed by atoms with Gasteiger partial charge in [0.05, 0.1) is 31.2 Å². The minimum absolute atomic E-state index is 0.104. The minimum atomic E-state index is -0.576. The van der Waals surface area contributed by atoms with E-state index in [-0.39, 0.29) is 18.0 Å². The first-order valence-electron chi connectivity index (χ1n) is 11.2. The number of nitrogens with zero attached hydrogens (tertiary/aromatic N) is 3. The summed E-state index contributed by atoms with van der Waals surface area (Å²) in [6, 6.07) is 8.14. The number of ether oxygens (including phenoxy) is 1. The number of anilines is 1. The number of benzene rings is 1. The quantitative estimate of drug-likeness (QED) is 0.464. The van der Waals surface area contributed by atoms with Gasteiger partial charge in [-0.05, 0) is 36.8 Å². The number of hydrogen-bond donors (Lipinski definition) is 2. The van der Waals surface area contributed by atoms with E-state index < -0.39 is 17.8 Å². The predicted molar refractivity (Wildman–Crippen MR) is 122 cm³/mol. The molecule has 3 heterocycles. The Morgan fingerprint density at radius 2 is 2.03 bits per heavy atom. The molecule has 4 rings (SSSR count). The lowest BCUT2D eigenvalue weighted by Crippen LogP contribution is -2.48. The predicted octanol–water partition coefficient (Wildman–Crippen LogP) is 2.66. The third-order valence-electron chi connectivity index (χ3n) is 5.58. The van der Waals surface area contributed by atoms with Crippen molar-refractivity contribution in [2.75, 3.05) is 44.6 Å². The van der Waals surface area contributed by atoms with Gasteiger partial charge in [0.1, 0.15) is 24.4 Å². The largest absolute Gasteiger partial charge is 0.467 e. The van der Waals surface area contributed by atoms with Gasteiger partial charge < -0.3 is 24.0 Å². The molecule has 1 fully saturated rings. The van der Waals surface area contributed by atoms with Crippen LogP contribution in [0.5, 0.6) is 0 Å². The third kappa shape index (κ3) is 6.73. The van der Waals surface area contributed by atoms with Crippen molar-refractivity contribution in [3.63, 3.8) is 0 Å². The van der Waals surface area contributed by atoms with E-state index in [4.69, 9.17) is 13.6 Å². The van der Waals surface area contributed by atoms with Crippen molar-refractivity contribution in [1.82, 2.24) is 14.8 Å². The molecule has 1 amide bonds. The van der Waals surface area contributed by atoms with E-state index in [1.807, 2.05) is 13.0 Å². The summed E-state index contributed by atoms with van der Waals surface area (Å²) in [7, 11) is 0. The first kappa shape index (κ1) is 24.1. The van der Waals surface area contributed by atoms with Crippen LogP contribution in [0.3, 0.4) is 0 Å². The topological polar surface area (TPSA) is 104 Å². The zero-order chi connectivity index (χ0) is 23.9. The number of aromatic nitrogens is 1. The molecule has 1 aliphatic heterocycles. The van der Waals surface area contributed by atoms with Crippen molar-refractivity contribution in [1.29, 1.82) is 0 Å². The van der Waals surface area contributed by atoms with Crippen LogP contribution in [0.4, 0.5) is 10.1 Å². The van der Waals surface area contributed by atoms with Crippen LogP contribution in [0, 0.1) is 12.7 Å². The van der Waals surface area contributed by atoms with E-state index >= 15 is 0 Å². The molecule has 3 aromatic rings. The number of oxazole rings is 1. The fourth-order valence-electron chi connectivity index (χ4n) is 3.77. The van der Waals surface area contributed by atoms with E-state index in [0.29, 0.717) is 25.6 Å². The number of furan rings is 1. The highest BCUT2D eigenvalue weighted by Gasteiger charge is 2.22. The number of carbonyl (C=O) groups excluding carboxylic acids is 1. The average Bonchev–Trinajstić information content (AvgIpc) is 3.50. The summed E-state index contributed by atoms with van der Waals surface area (Å²) >= 11 is 0. The zero-order valence-corrected chi connectivity index (χ0v) is 19.1. The van der Waals surface area contributed by atoms with Gasteiger partial charge in [0.25, 0.3) is 5.91 Å². The van der Waals surface area contributed by atoms with Crippen LogP contribution < -0.4 is 5.32 Å². The standard InChI is InChI=1S/C24H29FN4O5/c1-17-4-5-20(25)21(11-17)27-24(31)22-16-34-23(26-22)13-29-8-6-28(7-9-29)12-18(30)14-32-15-19-3-2-10-33-19/h2-5,10-11,16,18,30H,6-9,12-15H2,1H3,(H,27,31). The Labute approximate surface area is 197 Å². The number of halogens is 1. The van der Waals surface area contributed by atoms with E-state index in [0.717, 1.165) is 37.5 Å². The summed E-state index contributed by atoms with van der Waals surface area (Å²) in [5.74, 6) is 0.132. The number of hydrogen-bond acceptors (Lipinski definition) is 8. The van der Waals surface area contributed by atoms with Gasteiger partial charge in [-0.15, -0.1) is 0 Å². The van der Waals surface area contributed by atoms with Crippen LogP contribution in [0.15, 0.2) is 51.7 Å². The molecule has 1 aliphatic rings. The molecule has 1 atom stereocenters. The molecule has 34 heavy (non-hydrogen) atoms. The number of rotatable bonds is 10. The van der Waals surface area contributed by atoms with Crippen LogP contribution in [0.25, 0.3) is 0 Å². The van der Waals surface area contributed by atoms with E-state index in [1.54, 1.807) is 24.5 Å². The van der Waals surface area contributed by atoms with Gasteiger partial charge in [0.2, 0.25) is 5.89 Å². The zero-order valence-electron chi connectivity index (χ0n) is 19.1. The van der Waals surface area contributed by atoms with Gasteiger partial charge in [-0.1, -0.05) is 6.07 Å². The van der Waals surface area contributed by atoms with Gasteiger partial charge in [0.15, 0.2) is 5.69 Å². The lowest BCUT2D eigenvalue weighted by atomic mass is 10.2. The first-order valence-corrected chi connectivity index (χ1v) is 11.2. The van der Waals surface area contributed by atoms with Crippen LogP contribution in [-0.4, -0.2) is 71.2 Å². The Morgan fingerprint density at radius 3 is 2.79 bits per heavy atom. The molecule has 9 nitrogen and oxygen atoms in total. The summed E-state index contributed by atoms with van der Waals surface area (Å²) in [5.41, 5.74) is 1.05. The minimum Gasteiger partial charge on any atom is -0.467 e. The maximum absolute atomic E-state index is 13.9. The van der Waals surface area contributed by atoms with Crippen molar-refractivity contribution in [2.45, 2.75) is 26.2 Å². The Bertz CT molecular complexity index is 1060. The molecule has 0 bridgehead atoms. The van der Waals surface area contributed by atoms with Gasteiger partial charge in [-0.3, -0.25) is 14.6 Å². The summed E-state index contributed by atoms with van der Waals surface area (Å²) in [6.07, 6.45) is 2.30. The normalized spacial score (nSPS) is 16.0. The van der Waals surface area contributed by atoms with E-state index in [2.05, 4.69) is 20.1 Å². The molecule has 10 heteroatoms. The van der Waals surface area contributed by atoms with E-state index in [1.165, 1.54) is 12.3 Å². The number of nitrogens with one attached hydrogen (secondary N) is 1. The fourth-order valence-corrected chi connectivity index (χ4v) is 3.77. The number of aryl methyl sites for hydroxylation is 1. The lowest BCUT2D eigenvalue weighted by molar-refractivity contribution is -0.00353. The number of carbonyl (C=O) groups is 1. The lowest BCUT2D eigenvalue weighted by Gasteiger charge is -2.34. The second-order valence-corrected chi connectivity index (χ2v) is 8.39. The summed E-state index contributed by atoms with van der Waals surface area (Å²) in [6.45, 7) is 6.53. The highest BCUT2D eigenvalue weighted by Crippen LogP contribution is 2.17. The van der Waals surface area contributed by atoms with E-state index in [9.17, 15) is 14.3 Å². The fraction of sp³-hybridized carbons (Fsp3) is 0.417. The number of aliphatic hydroxyl groups excluding tert-OH is 1. The van der Waals surface area contributed by atoms with Crippen molar-refractivity contribution in [3.8, 4) is 0 Å². The van der Waals surface area contributed by atoms with Crippen molar-refractivity contribution < 1.29 is 27.9 Å². The molecule has 0 spiro atoms. The van der Waals surface area contributed by atoms with Crippen LogP contribution >= 0.6 is 0 Å². The third-order valence-corrected chi connectivity index (χ3v) is 5.58. The van der Waals surface area contributed by atoms with Crippen LogP contribution in [0.1, 0.15) is 27.7 Å². The monoisotopic (exact) mass is 472 g/mol. The number of aliphatic hydroxyl groups is 1. The van der Waals surface area contributed by atoms with Gasteiger partial charge in [-0.25, -0.2) is 9.37 Å². The van der Waals surface area contributed by atoms with Crippen molar-refractivity contribution in [3.05, 3.63) is 71.6 Å². The summed E-state index contributed by atoms with van der Waals surface area (Å²) < 4.78 is 30.1. The smallest absolute Gasteiger partial charge is 0.277 e. The Balaban J connectivity index is 1.18. The molecule has 0 saturated carbocycles. The second-order valence-electron chi connectivity index (χ2n) is 8.39. The Morgan fingerprint density at radius 1 is 1.24 bits per heavy atom. The van der Waals surface area contributed by atoms with Crippen molar-refractivity contribution in [2.24, 2.45) is 0 Å². The molecule has 2 aromatic heterocycles. The van der Waals surface area contributed by atoms with Crippen LogP contribution in [0.2, 0.25) is 0 Å². The Kier molecular flexibility index (Phi) is 8.07. The number of β-amino-alcohol motifs (C(OH)–C–C–N with tert-alkyl or cyclic N) is 1. The highest BCUT2D eigenvalue weighted by molar-refractivity contribution is 6.02. The maximum atomic E-state index is 13.9. The molecule has 1 aromatic carbocycles. The second kappa shape index (κ2) is 11.4. The number of amides is 1. The molecule has 0 aliphatic carbocycles. The molecule has 2 N–H and O–H groups in total. The molecule has 0 radical (unpaired) electrons. The first-order chi connectivity index (χ1) is 16.5. The van der Waals surface area contributed by atoms with Crippen molar-refractivity contribution >= 4 is 11.6 Å². The highest BCUT2D eigenvalue weighted by atomic mass is 19.1. The molecule has 1 unspecified atom stereocenters. The maximum Gasteiger partial charge on any atom is 0.277 e. The van der Waals surface area contributed by atoms with Gasteiger partial charge in [0, 0.05) is 32.7 Å². The van der Waals surface area contributed by atoms with Gasteiger partial charge in [-0.2, -0.15) is 0 Å². The van der Waals surface area contributed by atoms with Gasteiger partial charge >= 0.3 is 0 Å².